The number of aliphatic hydroxyl groups excluding tert-OH is 1. The number of carbonyl (C=O) groups is 1. The van der Waals surface area contributed by atoms with Gasteiger partial charge in [-0.15, -0.1) is 0 Å². The standard InChI is InChI=1S/C16H22N2O3/c1-4-11-5-6-15-13(7-11)14(10-21-15)16(20)17-12(9-19)8-18(2)3/h5-7,10,12,19H,4,8-9H2,1-3H3,(H,17,20)/t12-/m1/s1. The Morgan fingerprint density at radius 3 is 2.81 bits per heavy atom. The van der Waals surface area contributed by atoms with Gasteiger partial charge in [-0.25, -0.2) is 0 Å². The van der Waals surface area contributed by atoms with E-state index in [0.29, 0.717) is 17.7 Å². The molecule has 1 aromatic heterocycles. The predicted octanol–water partition coefficient (Wildman–Crippen LogP) is 1.65. The molecule has 0 aliphatic carbocycles. The van der Waals surface area contributed by atoms with Crippen LogP contribution in [-0.4, -0.2) is 49.2 Å². The number of fused-ring (bicyclic) bond motifs is 1. The van der Waals surface area contributed by atoms with Crippen molar-refractivity contribution in [3.8, 4) is 0 Å². The number of furan rings is 1. The fraction of sp³-hybridized carbons (Fsp3) is 0.438. The maximum Gasteiger partial charge on any atom is 0.255 e. The zero-order valence-corrected chi connectivity index (χ0v) is 12.7. The highest BCUT2D eigenvalue weighted by Gasteiger charge is 2.18. The van der Waals surface area contributed by atoms with Crippen LogP contribution in [0.5, 0.6) is 0 Å². The molecule has 0 aliphatic heterocycles. The molecule has 1 atom stereocenters. The molecular formula is C16H22N2O3. The summed E-state index contributed by atoms with van der Waals surface area (Å²) in [5.41, 5.74) is 2.37. The number of nitrogens with one attached hydrogen (secondary N) is 1. The van der Waals surface area contributed by atoms with Gasteiger partial charge in [0.2, 0.25) is 0 Å². The third-order valence-corrected chi connectivity index (χ3v) is 3.43. The molecular weight excluding hydrogens is 268 g/mol. The Morgan fingerprint density at radius 1 is 1.43 bits per heavy atom. The molecule has 114 valence electrons. The van der Waals surface area contributed by atoms with E-state index in [0.717, 1.165) is 17.4 Å². The molecule has 21 heavy (non-hydrogen) atoms. The van der Waals surface area contributed by atoms with E-state index in [1.165, 1.54) is 6.26 Å². The predicted molar refractivity (Wildman–Crippen MR) is 82.5 cm³/mol. The first-order chi connectivity index (χ1) is 10.0. The lowest BCUT2D eigenvalue weighted by molar-refractivity contribution is 0.0905. The van der Waals surface area contributed by atoms with Crippen LogP contribution in [0.2, 0.25) is 0 Å². The fourth-order valence-electron chi connectivity index (χ4n) is 2.32. The first-order valence-electron chi connectivity index (χ1n) is 7.11. The van der Waals surface area contributed by atoms with Gasteiger partial charge in [-0.1, -0.05) is 13.0 Å². The zero-order valence-electron chi connectivity index (χ0n) is 12.7. The lowest BCUT2D eigenvalue weighted by Gasteiger charge is -2.20. The SMILES string of the molecule is CCc1ccc2occ(C(=O)N[C@@H](CO)CN(C)C)c2c1. The van der Waals surface area contributed by atoms with Crippen LogP contribution in [0.3, 0.4) is 0 Å². The van der Waals surface area contributed by atoms with Crippen LogP contribution in [0.1, 0.15) is 22.8 Å². The minimum absolute atomic E-state index is 0.0973. The van der Waals surface area contributed by atoms with E-state index in [2.05, 4.69) is 12.2 Å². The summed E-state index contributed by atoms with van der Waals surface area (Å²) in [5.74, 6) is -0.220. The maximum absolute atomic E-state index is 12.4. The quantitative estimate of drug-likeness (QED) is 0.849. The fourth-order valence-corrected chi connectivity index (χ4v) is 2.32. The van der Waals surface area contributed by atoms with E-state index < -0.39 is 0 Å². The van der Waals surface area contributed by atoms with Gasteiger partial charge in [0.1, 0.15) is 11.8 Å². The molecule has 1 amide bonds. The molecule has 2 aromatic rings. The molecule has 2 N–H and O–H groups in total. The average Bonchev–Trinajstić information content (AvgIpc) is 2.88. The third kappa shape index (κ3) is 3.62. The largest absolute Gasteiger partial charge is 0.463 e. The summed E-state index contributed by atoms with van der Waals surface area (Å²) in [6.07, 6.45) is 2.38. The number of hydrogen-bond acceptors (Lipinski definition) is 4. The van der Waals surface area contributed by atoms with E-state index in [4.69, 9.17) is 4.42 Å². The minimum atomic E-state index is -0.299. The zero-order chi connectivity index (χ0) is 15.4. The van der Waals surface area contributed by atoms with Gasteiger partial charge in [0.15, 0.2) is 0 Å². The molecule has 0 spiro atoms. The summed E-state index contributed by atoms with van der Waals surface area (Å²) >= 11 is 0. The van der Waals surface area contributed by atoms with Crippen LogP contribution >= 0.6 is 0 Å². The molecule has 0 bridgehead atoms. The van der Waals surface area contributed by atoms with Crippen molar-refractivity contribution in [1.29, 1.82) is 0 Å². The monoisotopic (exact) mass is 290 g/mol. The lowest BCUT2D eigenvalue weighted by Crippen LogP contribution is -2.44. The summed E-state index contributed by atoms with van der Waals surface area (Å²) in [5, 5.41) is 13.0. The molecule has 0 saturated heterocycles. The Morgan fingerprint density at radius 2 is 2.19 bits per heavy atom. The highest BCUT2D eigenvalue weighted by Crippen LogP contribution is 2.23. The number of likely N-dealkylation sites (N-methyl/N-ethyl adjacent to an activating group) is 1. The van der Waals surface area contributed by atoms with Crippen LogP contribution in [0, 0.1) is 0 Å². The van der Waals surface area contributed by atoms with Gasteiger partial charge in [-0.2, -0.15) is 0 Å². The van der Waals surface area contributed by atoms with Crippen molar-refractivity contribution in [2.45, 2.75) is 19.4 Å². The molecule has 1 heterocycles. The van der Waals surface area contributed by atoms with E-state index in [1.807, 2.05) is 37.2 Å². The van der Waals surface area contributed by atoms with Crippen molar-refractivity contribution in [2.75, 3.05) is 27.2 Å². The molecule has 1 aromatic carbocycles. The number of carbonyl (C=O) groups excluding carboxylic acids is 1. The topological polar surface area (TPSA) is 65.7 Å². The maximum atomic E-state index is 12.4. The van der Waals surface area contributed by atoms with Gasteiger partial charge in [-0.3, -0.25) is 4.79 Å². The molecule has 0 saturated carbocycles. The molecule has 2 rings (SSSR count). The average molecular weight is 290 g/mol. The number of aryl methyl sites for hydroxylation is 1. The Balaban J connectivity index is 2.22. The van der Waals surface area contributed by atoms with Crippen LogP contribution in [-0.2, 0) is 6.42 Å². The number of amides is 1. The van der Waals surface area contributed by atoms with E-state index in [-0.39, 0.29) is 18.6 Å². The summed E-state index contributed by atoms with van der Waals surface area (Å²) in [6.45, 7) is 2.55. The summed E-state index contributed by atoms with van der Waals surface area (Å²) in [6, 6.07) is 5.56. The first-order valence-corrected chi connectivity index (χ1v) is 7.11. The number of aliphatic hydroxyl groups is 1. The number of benzene rings is 1. The van der Waals surface area contributed by atoms with Crippen LogP contribution in [0.25, 0.3) is 11.0 Å². The van der Waals surface area contributed by atoms with Gasteiger partial charge >= 0.3 is 0 Å². The molecule has 5 heteroatoms. The normalized spacial score (nSPS) is 12.8. The number of rotatable bonds is 6. The molecule has 0 fully saturated rings. The summed E-state index contributed by atoms with van der Waals surface area (Å²) in [4.78, 5) is 14.3. The van der Waals surface area contributed by atoms with Gasteiger partial charge in [0, 0.05) is 11.9 Å². The summed E-state index contributed by atoms with van der Waals surface area (Å²) < 4.78 is 5.43. The van der Waals surface area contributed by atoms with Gasteiger partial charge < -0.3 is 19.7 Å². The van der Waals surface area contributed by atoms with Gasteiger partial charge in [0.05, 0.1) is 18.2 Å². The smallest absolute Gasteiger partial charge is 0.255 e. The second-order valence-electron chi connectivity index (χ2n) is 5.45. The van der Waals surface area contributed by atoms with E-state index >= 15 is 0 Å². The van der Waals surface area contributed by atoms with Crippen molar-refractivity contribution in [2.24, 2.45) is 0 Å². The molecule has 5 nitrogen and oxygen atoms in total. The van der Waals surface area contributed by atoms with E-state index in [9.17, 15) is 9.90 Å². The molecule has 0 unspecified atom stereocenters. The Labute approximate surface area is 124 Å². The third-order valence-electron chi connectivity index (χ3n) is 3.43. The minimum Gasteiger partial charge on any atom is -0.463 e. The Hall–Kier alpha value is -1.85. The van der Waals surface area contributed by atoms with Gasteiger partial charge in [0.25, 0.3) is 5.91 Å². The Bertz CT molecular complexity index is 619. The van der Waals surface area contributed by atoms with Crippen molar-refractivity contribution in [3.05, 3.63) is 35.6 Å². The Kier molecular flexibility index (Phi) is 4.98. The van der Waals surface area contributed by atoms with Crippen molar-refractivity contribution in [1.82, 2.24) is 10.2 Å². The molecule has 0 aliphatic rings. The van der Waals surface area contributed by atoms with E-state index in [1.54, 1.807) is 0 Å². The van der Waals surface area contributed by atoms with Crippen LogP contribution in [0.4, 0.5) is 0 Å². The molecule has 0 radical (unpaired) electrons. The highest BCUT2D eigenvalue weighted by molar-refractivity contribution is 6.06. The van der Waals surface area contributed by atoms with Crippen LogP contribution < -0.4 is 5.32 Å². The van der Waals surface area contributed by atoms with Crippen molar-refractivity contribution >= 4 is 16.9 Å². The number of nitrogens with zero attached hydrogens (tertiary/aromatic N) is 1. The number of hydrogen-bond donors (Lipinski definition) is 2. The van der Waals surface area contributed by atoms with Gasteiger partial charge in [-0.05, 0) is 38.2 Å². The van der Waals surface area contributed by atoms with Crippen molar-refractivity contribution < 1.29 is 14.3 Å². The van der Waals surface area contributed by atoms with Crippen LogP contribution in [0.15, 0.2) is 28.9 Å². The second-order valence-corrected chi connectivity index (χ2v) is 5.45. The highest BCUT2D eigenvalue weighted by atomic mass is 16.3. The van der Waals surface area contributed by atoms with Crippen molar-refractivity contribution in [3.63, 3.8) is 0 Å². The first kappa shape index (κ1) is 15.5. The summed E-state index contributed by atoms with van der Waals surface area (Å²) in [7, 11) is 3.80. The second kappa shape index (κ2) is 6.74. The lowest BCUT2D eigenvalue weighted by atomic mass is 10.1.